The van der Waals surface area contributed by atoms with Crippen LogP contribution >= 0.6 is 0 Å². The number of nitrogens with zero attached hydrogens (tertiary/aromatic N) is 2. The molecule has 178 valence electrons. The molecule has 0 radical (unpaired) electrons. The minimum absolute atomic E-state index is 0.0175. The van der Waals surface area contributed by atoms with Gasteiger partial charge in [0, 0.05) is 17.5 Å². The van der Waals surface area contributed by atoms with E-state index in [4.69, 9.17) is 13.9 Å². The molecule has 0 bridgehead atoms. The van der Waals surface area contributed by atoms with E-state index in [0.717, 1.165) is 6.54 Å². The number of ketones is 1. The first-order valence-corrected chi connectivity index (χ1v) is 11.0. The Morgan fingerprint density at radius 1 is 1.09 bits per heavy atom. The van der Waals surface area contributed by atoms with Crippen molar-refractivity contribution in [2.75, 3.05) is 41.4 Å². The van der Waals surface area contributed by atoms with Gasteiger partial charge in [0.05, 0.1) is 25.8 Å². The Bertz CT molecular complexity index is 1260. The second-order valence-electron chi connectivity index (χ2n) is 8.38. The number of furan rings is 1. The van der Waals surface area contributed by atoms with Crippen molar-refractivity contribution in [3.63, 3.8) is 0 Å². The summed E-state index contributed by atoms with van der Waals surface area (Å²) < 4.78 is 16.7. The summed E-state index contributed by atoms with van der Waals surface area (Å²) in [4.78, 5) is 30.4. The van der Waals surface area contributed by atoms with Gasteiger partial charge in [-0.1, -0.05) is 30.3 Å². The van der Waals surface area contributed by atoms with Gasteiger partial charge in [0.1, 0.15) is 5.75 Å². The highest BCUT2D eigenvalue weighted by molar-refractivity contribution is 6.16. The molecule has 34 heavy (non-hydrogen) atoms. The molecule has 4 rings (SSSR count). The molecule has 0 saturated heterocycles. The summed E-state index contributed by atoms with van der Waals surface area (Å²) in [5, 5.41) is 11.6. The number of aliphatic hydroxyl groups is 1. The fourth-order valence-electron chi connectivity index (χ4n) is 4.33. The Morgan fingerprint density at radius 2 is 1.79 bits per heavy atom. The van der Waals surface area contributed by atoms with Crippen LogP contribution < -0.4 is 9.47 Å². The first-order chi connectivity index (χ1) is 16.4. The minimum atomic E-state index is -0.812. The topological polar surface area (TPSA) is 92.4 Å². The molecule has 8 heteroatoms. The van der Waals surface area contributed by atoms with Gasteiger partial charge in [-0.2, -0.15) is 0 Å². The van der Waals surface area contributed by atoms with Crippen molar-refractivity contribution in [1.29, 1.82) is 0 Å². The van der Waals surface area contributed by atoms with E-state index in [9.17, 15) is 14.7 Å². The van der Waals surface area contributed by atoms with Gasteiger partial charge in [-0.05, 0) is 45.3 Å². The molecule has 0 unspecified atom stereocenters. The van der Waals surface area contributed by atoms with E-state index in [2.05, 4.69) is 0 Å². The average Bonchev–Trinajstić information content (AvgIpc) is 3.38. The molecular formula is C26H28N2O6. The quantitative estimate of drug-likeness (QED) is 0.479. The lowest BCUT2D eigenvalue weighted by Gasteiger charge is -2.28. The van der Waals surface area contributed by atoms with Gasteiger partial charge >= 0.3 is 0 Å². The number of hydrogen-bond donors (Lipinski definition) is 1. The molecule has 2 aromatic carbocycles. The predicted molar refractivity (Wildman–Crippen MR) is 127 cm³/mol. The summed E-state index contributed by atoms with van der Waals surface area (Å²) in [7, 11) is 6.95. The highest BCUT2D eigenvalue weighted by Crippen LogP contribution is 2.43. The average molecular weight is 465 g/mol. The van der Waals surface area contributed by atoms with Gasteiger partial charge in [-0.15, -0.1) is 0 Å². The van der Waals surface area contributed by atoms with Crippen LogP contribution in [-0.4, -0.2) is 68.0 Å². The van der Waals surface area contributed by atoms with E-state index in [-0.39, 0.29) is 11.3 Å². The highest BCUT2D eigenvalue weighted by atomic mass is 16.5. The van der Waals surface area contributed by atoms with Crippen LogP contribution in [0.25, 0.3) is 11.0 Å². The van der Waals surface area contributed by atoms with Crippen LogP contribution in [0.1, 0.15) is 28.6 Å². The third-order valence-corrected chi connectivity index (χ3v) is 5.94. The van der Waals surface area contributed by atoms with Crippen molar-refractivity contribution >= 4 is 22.7 Å². The van der Waals surface area contributed by atoms with E-state index >= 15 is 0 Å². The number of Topliss-reactive ketones (excluding diaryl/α,β-unsaturated/α-hetero) is 1. The van der Waals surface area contributed by atoms with E-state index in [1.165, 1.54) is 19.1 Å². The maximum Gasteiger partial charge on any atom is 0.290 e. The molecule has 1 amide bonds. The summed E-state index contributed by atoms with van der Waals surface area (Å²) in [6.45, 7) is 1.10. The minimum Gasteiger partial charge on any atom is -0.503 e. The van der Waals surface area contributed by atoms with E-state index in [1.807, 2.05) is 31.1 Å². The molecule has 0 spiro atoms. The first-order valence-electron chi connectivity index (χ1n) is 11.0. The monoisotopic (exact) mass is 464 g/mol. The smallest absolute Gasteiger partial charge is 0.290 e. The second-order valence-corrected chi connectivity index (χ2v) is 8.38. The van der Waals surface area contributed by atoms with Gasteiger partial charge in [0.2, 0.25) is 5.78 Å². The molecule has 2 heterocycles. The van der Waals surface area contributed by atoms with Crippen LogP contribution in [0.15, 0.2) is 64.3 Å². The van der Waals surface area contributed by atoms with Crippen molar-refractivity contribution < 1.29 is 28.6 Å². The van der Waals surface area contributed by atoms with E-state index in [0.29, 0.717) is 41.0 Å². The van der Waals surface area contributed by atoms with Crippen molar-refractivity contribution in [1.82, 2.24) is 9.80 Å². The molecule has 1 aromatic heterocycles. The van der Waals surface area contributed by atoms with Crippen LogP contribution in [-0.2, 0) is 4.79 Å². The zero-order chi connectivity index (χ0) is 24.4. The molecular weight excluding hydrogens is 436 g/mol. The van der Waals surface area contributed by atoms with Crippen molar-refractivity contribution in [3.8, 4) is 11.5 Å². The Kier molecular flexibility index (Phi) is 6.61. The van der Waals surface area contributed by atoms with E-state index < -0.39 is 23.5 Å². The SMILES string of the molecule is COc1ccccc1[C@H]1C(C(=O)c2cc3cccc(OC)c3o2)=C(O)C(=O)N1CCCN(C)C. The lowest BCUT2D eigenvalue weighted by molar-refractivity contribution is -0.129. The Labute approximate surface area is 198 Å². The van der Waals surface area contributed by atoms with Crippen LogP contribution in [0.4, 0.5) is 0 Å². The Balaban J connectivity index is 1.80. The highest BCUT2D eigenvalue weighted by Gasteiger charge is 2.45. The van der Waals surface area contributed by atoms with Crippen molar-refractivity contribution in [2.45, 2.75) is 12.5 Å². The zero-order valence-electron chi connectivity index (χ0n) is 19.7. The fourth-order valence-corrected chi connectivity index (χ4v) is 4.33. The second kappa shape index (κ2) is 9.61. The molecule has 1 aliphatic rings. The standard InChI is InChI=1S/C26H28N2O6/c1-27(2)13-8-14-28-22(17-10-5-6-11-18(17)32-3)21(24(30)26(28)31)23(29)20-15-16-9-7-12-19(33-4)25(16)34-20/h5-7,9-12,15,22,30H,8,13-14H2,1-4H3/t22-/m0/s1. The maximum absolute atomic E-state index is 13.7. The van der Waals surface area contributed by atoms with E-state index in [1.54, 1.807) is 36.4 Å². The molecule has 0 saturated carbocycles. The molecule has 1 N–H and O–H groups in total. The molecule has 3 aromatic rings. The number of hydrogen-bond acceptors (Lipinski definition) is 7. The van der Waals surface area contributed by atoms with Gasteiger partial charge in [0.25, 0.3) is 5.91 Å². The van der Waals surface area contributed by atoms with Crippen molar-refractivity contribution in [3.05, 3.63) is 71.2 Å². The summed E-state index contributed by atoms with van der Waals surface area (Å²) in [6, 6.07) is 13.3. The Morgan fingerprint density at radius 3 is 2.50 bits per heavy atom. The number of carbonyl (C=O) groups is 2. The largest absolute Gasteiger partial charge is 0.503 e. The third-order valence-electron chi connectivity index (χ3n) is 5.94. The molecule has 8 nitrogen and oxygen atoms in total. The molecule has 0 aliphatic carbocycles. The fraction of sp³-hybridized carbons (Fsp3) is 0.308. The number of para-hydroxylation sites is 2. The summed E-state index contributed by atoms with van der Waals surface area (Å²) in [6.07, 6.45) is 0.668. The number of methoxy groups -OCH3 is 2. The maximum atomic E-state index is 13.7. The molecule has 1 atom stereocenters. The van der Waals surface area contributed by atoms with Gasteiger partial charge in [-0.25, -0.2) is 0 Å². The third kappa shape index (κ3) is 4.12. The summed E-state index contributed by atoms with van der Waals surface area (Å²) in [5.74, 6) is -0.697. The number of benzene rings is 2. The lowest BCUT2D eigenvalue weighted by Crippen LogP contribution is -2.33. The number of ether oxygens (including phenoxy) is 2. The summed E-state index contributed by atoms with van der Waals surface area (Å²) >= 11 is 0. The van der Waals surface area contributed by atoms with Crippen LogP contribution in [0.2, 0.25) is 0 Å². The normalized spacial score (nSPS) is 16.1. The number of aliphatic hydroxyl groups excluding tert-OH is 1. The number of fused-ring (bicyclic) bond motifs is 1. The van der Waals surface area contributed by atoms with Crippen LogP contribution in [0.3, 0.4) is 0 Å². The van der Waals surface area contributed by atoms with Crippen molar-refractivity contribution in [2.24, 2.45) is 0 Å². The van der Waals surface area contributed by atoms with Crippen LogP contribution in [0.5, 0.6) is 11.5 Å². The summed E-state index contributed by atoms with van der Waals surface area (Å²) in [5.41, 5.74) is 1.01. The lowest BCUT2D eigenvalue weighted by atomic mass is 9.94. The zero-order valence-corrected chi connectivity index (χ0v) is 19.7. The van der Waals surface area contributed by atoms with Crippen LogP contribution in [0, 0.1) is 0 Å². The van der Waals surface area contributed by atoms with Gasteiger partial charge < -0.3 is 28.8 Å². The predicted octanol–water partition coefficient (Wildman–Crippen LogP) is 3.98. The number of amides is 1. The first kappa shape index (κ1) is 23.4. The van der Waals surface area contributed by atoms with Gasteiger partial charge in [0.15, 0.2) is 22.9 Å². The Hall–Kier alpha value is -3.78. The molecule has 0 fully saturated rings. The molecule has 1 aliphatic heterocycles. The number of carbonyl (C=O) groups excluding carboxylic acids is 2. The number of rotatable bonds is 9. The van der Waals surface area contributed by atoms with Gasteiger partial charge in [-0.3, -0.25) is 9.59 Å².